The number of anilines is 1. The smallest absolute Gasteiger partial charge is 0.302 e. The fourth-order valence-electron chi connectivity index (χ4n) is 3.57. The minimum absolute atomic E-state index is 0.213. The number of hydrogen-bond acceptors (Lipinski definition) is 7. The second-order valence-corrected chi connectivity index (χ2v) is 7.41. The van der Waals surface area contributed by atoms with Gasteiger partial charge in [0, 0.05) is 25.0 Å². The number of benzene rings is 1. The van der Waals surface area contributed by atoms with Gasteiger partial charge in [0.2, 0.25) is 0 Å². The van der Waals surface area contributed by atoms with Gasteiger partial charge in [-0.15, -0.1) is 0 Å². The zero-order chi connectivity index (χ0) is 22.8. The predicted molar refractivity (Wildman–Crippen MR) is 125 cm³/mol. The number of carbonyl (C=O) groups excluding carboxylic acids is 1. The molecular formula is C25H20N6O2. The summed E-state index contributed by atoms with van der Waals surface area (Å²) in [6, 6.07) is 20.9. The van der Waals surface area contributed by atoms with Gasteiger partial charge in [-0.3, -0.25) is 14.3 Å². The van der Waals surface area contributed by atoms with Crippen LogP contribution in [0.4, 0.5) is 5.82 Å². The van der Waals surface area contributed by atoms with Gasteiger partial charge in [-0.25, -0.2) is 15.0 Å². The molecule has 5 rings (SSSR count). The van der Waals surface area contributed by atoms with E-state index in [9.17, 15) is 4.79 Å². The molecule has 1 aromatic carbocycles. The van der Waals surface area contributed by atoms with Crippen molar-refractivity contribution in [2.24, 2.45) is 0 Å². The summed E-state index contributed by atoms with van der Waals surface area (Å²) >= 11 is 0. The Morgan fingerprint density at radius 1 is 0.909 bits per heavy atom. The first-order chi connectivity index (χ1) is 16.1. The molecular weight excluding hydrogens is 416 g/mol. The van der Waals surface area contributed by atoms with Crippen LogP contribution in [-0.4, -0.2) is 30.5 Å². The lowest BCUT2D eigenvalue weighted by Gasteiger charge is -2.11. The van der Waals surface area contributed by atoms with E-state index >= 15 is 0 Å². The zero-order valence-electron chi connectivity index (χ0n) is 17.8. The van der Waals surface area contributed by atoms with Crippen LogP contribution in [0.15, 0.2) is 79.1 Å². The number of nitrogen functional groups attached to an aromatic ring is 1. The Morgan fingerprint density at radius 2 is 1.73 bits per heavy atom. The second-order valence-electron chi connectivity index (χ2n) is 7.41. The molecule has 0 saturated carbocycles. The number of pyridine rings is 3. The maximum absolute atomic E-state index is 11.1. The molecule has 8 nitrogen and oxygen atoms in total. The third kappa shape index (κ3) is 4.01. The molecule has 0 fully saturated rings. The molecule has 0 aliphatic carbocycles. The van der Waals surface area contributed by atoms with Crippen LogP contribution in [0.1, 0.15) is 12.5 Å². The van der Waals surface area contributed by atoms with Gasteiger partial charge >= 0.3 is 5.97 Å². The van der Waals surface area contributed by atoms with E-state index in [-0.39, 0.29) is 12.6 Å². The van der Waals surface area contributed by atoms with E-state index in [0.29, 0.717) is 22.9 Å². The highest BCUT2D eigenvalue weighted by atomic mass is 16.5. The van der Waals surface area contributed by atoms with Crippen LogP contribution in [0.3, 0.4) is 0 Å². The number of fused-ring (bicyclic) bond motifs is 1. The Kier molecular flexibility index (Phi) is 5.24. The SMILES string of the molecule is CC(=O)OCc1ccc(-n2c(-c3cccnc3N)nc3ccc(-c4ccccn4)nc32)cc1. The number of esters is 1. The van der Waals surface area contributed by atoms with Gasteiger partial charge in [-0.05, 0) is 54.1 Å². The van der Waals surface area contributed by atoms with Crippen LogP contribution >= 0.6 is 0 Å². The molecule has 0 bridgehead atoms. The maximum Gasteiger partial charge on any atom is 0.302 e. The van der Waals surface area contributed by atoms with Crippen molar-refractivity contribution in [2.45, 2.75) is 13.5 Å². The summed E-state index contributed by atoms with van der Waals surface area (Å²) in [5.41, 5.74) is 11.5. The minimum atomic E-state index is -0.319. The number of nitrogens with zero attached hydrogens (tertiary/aromatic N) is 5. The van der Waals surface area contributed by atoms with Gasteiger partial charge in [-0.2, -0.15) is 0 Å². The van der Waals surface area contributed by atoms with E-state index in [0.717, 1.165) is 28.2 Å². The highest BCUT2D eigenvalue weighted by Crippen LogP contribution is 2.31. The van der Waals surface area contributed by atoms with Crippen molar-refractivity contribution in [3.63, 3.8) is 0 Å². The van der Waals surface area contributed by atoms with E-state index in [2.05, 4.69) is 9.97 Å². The van der Waals surface area contributed by atoms with Crippen molar-refractivity contribution in [3.8, 4) is 28.5 Å². The highest BCUT2D eigenvalue weighted by Gasteiger charge is 2.18. The number of hydrogen-bond donors (Lipinski definition) is 1. The van der Waals surface area contributed by atoms with Crippen molar-refractivity contribution in [1.29, 1.82) is 0 Å². The molecule has 0 amide bonds. The summed E-state index contributed by atoms with van der Waals surface area (Å²) < 4.78 is 7.05. The van der Waals surface area contributed by atoms with Crippen LogP contribution < -0.4 is 5.73 Å². The van der Waals surface area contributed by atoms with Gasteiger partial charge in [0.1, 0.15) is 17.9 Å². The first kappa shape index (κ1) is 20.3. The van der Waals surface area contributed by atoms with Gasteiger partial charge in [0.25, 0.3) is 0 Å². The van der Waals surface area contributed by atoms with E-state index in [1.165, 1.54) is 6.92 Å². The molecule has 5 aromatic rings. The summed E-state index contributed by atoms with van der Waals surface area (Å²) in [5, 5.41) is 0. The van der Waals surface area contributed by atoms with Crippen LogP contribution in [-0.2, 0) is 16.1 Å². The standard InChI is InChI=1S/C25H20N6O2/c1-16(32)33-15-17-7-9-18(10-8-17)31-24(19-5-4-14-28-23(19)26)30-22-12-11-21(29-25(22)31)20-6-2-3-13-27-20/h2-14H,15H2,1H3,(H2,26,28). The fraction of sp³-hybridized carbons (Fsp3) is 0.0800. The van der Waals surface area contributed by atoms with Crippen LogP contribution in [0.25, 0.3) is 39.6 Å². The molecule has 4 aromatic heterocycles. The van der Waals surface area contributed by atoms with Crippen molar-refractivity contribution in [2.75, 3.05) is 5.73 Å². The molecule has 8 heteroatoms. The first-order valence-corrected chi connectivity index (χ1v) is 10.3. The average molecular weight is 436 g/mol. The molecule has 0 saturated heterocycles. The van der Waals surface area contributed by atoms with Crippen molar-refractivity contribution in [1.82, 2.24) is 24.5 Å². The number of nitrogens with two attached hydrogens (primary N) is 1. The van der Waals surface area contributed by atoms with E-state index in [1.54, 1.807) is 12.4 Å². The molecule has 4 heterocycles. The Hall–Kier alpha value is -4.59. The monoisotopic (exact) mass is 436 g/mol. The van der Waals surface area contributed by atoms with Crippen LogP contribution in [0, 0.1) is 0 Å². The number of carbonyl (C=O) groups is 1. The average Bonchev–Trinajstić information content (AvgIpc) is 3.22. The third-order valence-electron chi connectivity index (χ3n) is 5.15. The van der Waals surface area contributed by atoms with Gasteiger partial charge in [0.15, 0.2) is 11.5 Å². The summed E-state index contributed by atoms with van der Waals surface area (Å²) in [6.07, 6.45) is 3.38. The van der Waals surface area contributed by atoms with Crippen LogP contribution in [0.5, 0.6) is 0 Å². The van der Waals surface area contributed by atoms with E-state index in [4.69, 9.17) is 20.4 Å². The summed E-state index contributed by atoms with van der Waals surface area (Å²) in [4.78, 5) is 29.5. The number of aromatic nitrogens is 5. The summed E-state index contributed by atoms with van der Waals surface area (Å²) in [6.45, 7) is 1.60. The summed E-state index contributed by atoms with van der Waals surface area (Å²) in [5.74, 6) is 0.694. The third-order valence-corrected chi connectivity index (χ3v) is 5.15. The topological polar surface area (TPSA) is 109 Å². The molecule has 162 valence electrons. The Balaban J connectivity index is 1.69. The quantitative estimate of drug-likeness (QED) is 0.412. The normalized spacial score (nSPS) is 10.9. The van der Waals surface area contributed by atoms with Crippen molar-refractivity contribution < 1.29 is 9.53 Å². The number of rotatable bonds is 5. The summed E-state index contributed by atoms with van der Waals surface area (Å²) in [7, 11) is 0. The lowest BCUT2D eigenvalue weighted by atomic mass is 10.2. The van der Waals surface area contributed by atoms with Gasteiger partial charge < -0.3 is 10.5 Å². The van der Waals surface area contributed by atoms with Gasteiger partial charge in [-0.1, -0.05) is 18.2 Å². The Bertz CT molecular complexity index is 1450. The molecule has 0 aliphatic heterocycles. The zero-order valence-corrected chi connectivity index (χ0v) is 17.8. The Labute approximate surface area is 189 Å². The molecule has 2 N–H and O–H groups in total. The lowest BCUT2D eigenvalue weighted by Crippen LogP contribution is -2.03. The number of ether oxygens (including phenoxy) is 1. The first-order valence-electron chi connectivity index (χ1n) is 10.3. The van der Waals surface area contributed by atoms with Crippen LogP contribution in [0.2, 0.25) is 0 Å². The van der Waals surface area contributed by atoms with E-state index in [1.807, 2.05) is 71.3 Å². The molecule has 0 radical (unpaired) electrons. The van der Waals surface area contributed by atoms with Crippen molar-refractivity contribution in [3.05, 3.63) is 84.7 Å². The maximum atomic E-state index is 11.1. The minimum Gasteiger partial charge on any atom is -0.461 e. The molecule has 0 atom stereocenters. The van der Waals surface area contributed by atoms with E-state index < -0.39 is 0 Å². The van der Waals surface area contributed by atoms with Gasteiger partial charge in [0.05, 0.1) is 17.0 Å². The van der Waals surface area contributed by atoms with Crippen molar-refractivity contribution >= 4 is 23.0 Å². The largest absolute Gasteiger partial charge is 0.461 e. The Morgan fingerprint density at radius 3 is 2.45 bits per heavy atom. The highest BCUT2D eigenvalue weighted by molar-refractivity contribution is 5.84. The molecule has 0 aliphatic rings. The lowest BCUT2D eigenvalue weighted by molar-refractivity contribution is -0.142. The molecule has 0 spiro atoms. The molecule has 0 unspecified atom stereocenters. The fourth-order valence-corrected chi connectivity index (χ4v) is 3.57. The molecule has 33 heavy (non-hydrogen) atoms. The number of imidazole rings is 1. The second kappa shape index (κ2) is 8.51. The predicted octanol–water partition coefficient (Wildman–Crippen LogP) is 4.19.